The monoisotopic (exact) mass is 358 g/mol. The summed E-state index contributed by atoms with van der Waals surface area (Å²) in [4.78, 5) is 29.9. The lowest BCUT2D eigenvalue weighted by atomic mass is 10.2. The average molecular weight is 358 g/mol. The van der Waals surface area contributed by atoms with Gasteiger partial charge < -0.3 is 4.74 Å². The molecule has 0 spiro atoms. The number of fused-ring (bicyclic) bond motifs is 1. The van der Waals surface area contributed by atoms with Gasteiger partial charge in [0.05, 0.1) is 18.3 Å². The molecule has 2 aromatic heterocycles. The number of aromatic nitrogens is 2. The van der Waals surface area contributed by atoms with Crippen LogP contribution in [-0.4, -0.2) is 22.1 Å². The molecule has 0 saturated carbocycles. The van der Waals surface area contributed by atoms with Crippen molar-refractivity contribution in [1.82, 2.24) is 9.55 Å². The number of carbonyl (C=O) groups is 1. The van der Waals surface area contributed by atoms with E-state index in [4.69, 9.17) is 4.74 Å². The maximum atomic E-state index is 13.8. The molecule has 0 amide bonds. The van der Waals surface area contributed by atoms with Crippen molar-refractivity contribution in [1.29, 1.82) is 0 Å². The van der Waals surface area contributed by atoms with E-state index in [1.54, 1.807) is 25.1 Å². The number of nitrogens with zero attached hydrogens (tertiary/aromatic N) is 2. The molecule has 0 fully saturated rings. The summed E-state index contributed by atoms with van der Waals surface area (Å²) in [5, 5.41) is 0.356. The van der Waals surface area contributed by atoms with Gasteiger partial charge in [0.15, 0.2) is 0 Å². The van der Waals surface area contributed by atoms with Crippen molar-refractivity contribution in [3.8, 4) is 0 Å². The zero-order valence-electron chi connectivity index (χ0n) is 13.5. The highest BCUT2D eigenvalue weighted by molar-refractivity contribution is 7.20. The summed E-state index contributed by atoms with van der Waals surface area (Å²) in [6.45, 7) is 5.34. The Bertz CT molecular complexity index is 1020. The highest BCUT2D eigenvalue weighted by Crippen LogP contribution is 2.27. The lowest BCUT2D eigenvalue weighted by Crippen LogP contribution is -2.21. The van der Waals surface area contributed by atoms with Gasteiger partial charge in [-0.05, 0) is 18.6 Å². The number of ether oxygens (including phenoxy) is 1. The van der Waals surface area contributed by atoms with Crippen LogP contribution in [0.4, 0.5) is 4.39 Å². The molecular formula is C18H15FN2O3S. The molecule has 5 nitrogen and oxygen atoms in total. The Morgan fingerprint density at radius 2 is 2.20 bits per heavy atom. The van der Waals surface area contributed by atoms with Crippen LogP contribution < -0.4 is 5.56 Å². The molecule has 0 bridgehead atoms. The fraction of sp³-hybridized carbons (Fsp3) is 0.167. The van der Waals surface area contributed by atoms with E-state index in [1.807, 2.05) is 0 Å². The third-order valence-electron chi connectivity index (χ3n) is 3.73. The molecule has 3 aromatic rings. The first-order valence-corrected chi connectivity index (χ1v) is 8.34. The highest BCUT2D eigenvalue weighted by Gasteiger charge is 2.20. The van der Waals surface area contributed by atoms with Crippen molar-refractivity contribution in [3.05, 3.63) is 75.4 Å². The number of halogens is 1. The first kappa shape index (κ1) is 17.0. The fourth-order valence-corrected chi connectivity index (χ4v) is 3.51. The first-order valence-electron chi connectivity index (χ1n) is 7.53. The molecule has 0 atom stereocenters. The van der Waals surface area contributed by atoms with Crippen molar-refractivity contribution in [2.75, 3.05) is 6.61 Å². The van der Waals surface area contributed by atoms with Gasteiger partial charge in [0.25, 0.3) is 5.56 Å². The molecule has 0 aliphatic rings. The van der Waals surface area contributed by atoms with E-state index in [2.05, 4.69) is 11.6 Å². The summed E-state index contributed by atoms with van der Waals surface area (Å²) in [6, 6.07) is 6.26. The average Bonchev–Trinajstić information content (AvgIpc) is 2.94. The summed E-state index contributed by atoms with van der Waals surface area (Å²) in [5.74, 6) is -0.898. The fourth-order valence-electron chi connectivity index (χ4n) is 2.48. The van der Waals surface area contributed by atoms with Gasteiger partial charge in [-0.25, -0.2) is 14.2 Å². The minimum Gasteiger partial charge on any atom is -0.457 e. The Labute approximate surface area is 147 Å². The van der Waals surface area contributed by atoms with Crippen molar-refractivity contribution in [3.63, 3.8) is 0 Å². The van der Waals surface area contributed by atoms with Crippen molar-refractivity contribution in [2.24, 2.45) is 0 Å². The van der Waals surface area contributed by atoms with Crippen molar-refractivity contribution >= 4 is 27.5 Å². The lowest BCUT2D eigenvalue weighted by molar-refractivity contribution is 0.0555. The summed E-state index contributed by atoms with van der Waals surface area (Å²) in [5.41, 5.74) is 0.600. The maximum absolute atomic E-state index is 13.8. The molecule has 1 aromatic carbocycles. The number of hydrogen-bond donors (Lipinski definition) is 0. The summed E-state index contributed by atoms with van der Waals surface area (Å²) >= 11 is 1.11. The van der Waals surface area contributed by atoms with E-state index in [9.17, 15) is 14.0 Å². The van der Waals surface area contributed by atoms with Crippen LogP contribution >= 0.6 is 11.3 Å². The molecule has 0 saturated heterocycles. The van der Waals surface area contributed by atoms with E-state index in [0.29, 0.717) is 26.2 Å². The van der Waals surface area contributed by atoms with Crippen LogP contribution in [0.3, 0.4) is 0 Å². The third kappa shape index (κ3) is 3.23. The van der Waals surface area contributed by atoms with Gasteiger partial charge >= 0.3 is 5.97 Å². The standard InChI is InChI=1S/C18H15FN2O3S/c1-3-8-24-18(23)15-11(2)14-16(25-15)20-10-21(17(14)22)9-12-6-4-5-7-13(12)19/h3-7,10H,1,8-9H2,2H3. The molecule has 7 heteroatoms. The molecule has 0 radical (unpaired) electrons. The normalized spacial score (nSPS) is 10.8. The number of benzene rings is 1. The molecule has 0 aliphatic heterocycles. The van der Waals surface area contributed by atoms with E-state index >= 15 is 0 Å². The van der Waals surface area contributed by atoms with Crippen molar-refractivity contribution < 1.29 is 13.9 Å². The molecule has 3 rings (SSSR count). The third-order valence-corrected chi connectivity index (χ3v) is 4.91. The van der Waals surface area contributed by atoms with Crippen LogP contribution in [0, 0.1) is 12.7 Å². The maximum Gasteiger partial charge on any atom is 0.348 e. The van der Waals surface area contributed by atoms with Gasteiger partial charge in [-0.15, -0.1) is 11.3 Å². The molecule has 128 valence electrons. The Hall–Kier alpha value is -2.80. The highest BCUT2D eigenvalue weighted by atomic mass is 32.1. The molecule has 0 N–H and O–H groups in total. The van der Waals surface area contributed by atoms with E-state index in [-0.39, 0.29) is 24.5 Å². The molecule has 2 heterocycles. The van der Waals surface area contributed by atoms with Crippen LogP contribution in [0.5, 0.6) is 0 Å². The Morgan fingerprint density at radius 3 is 2.92 bits per heavy atom. The molecular weight excluding hydrogens is 343 g/mol. The van der Waals surface area contributed by atoms with Crippen LogP contribution in [0.2, 0.25) is 0 Å². The summed E-state index contributed by atoms with van der Waals surface area (Å²) in [7, 11) is 0. The van der Waals surface area contributed by atoms with Crippen LogP contribution in [0.15, 0.2) is 48.0 Å². The smallest absolute Gasteiger partial charge is 0.348 e. The zero-order chi connectivity index (χ0) is 18.0. The van der Waals surface area contributed by atoms with Crippen LogP contribution in [0.25, 0.3) is 10.2 Å². The zero-order valence-corrected chi connectivity index (χ0v) is 14.3. The topological polar surface area (TPSA) is 61.2 Å². The van der Waals surface area contributed by atoms with E-state index in [0.717, 1.165) is 11.3 Å². The number of esters is 1. The SMILES string of the molecule is C=CCOC(=O)c1sc2ncn(Cc3ccccc3F)c(=O)c2c1C. The molecule has 0 aliphatic carbocycles. The van der Waals surface area contributed by atoms with Gasteiger partial charge in [-0.3, -0.25) is 9.36 Å². The predicted molar refractivity (Wildman–Crippen MR) is 94.6 cm³/mol. The second-order valence-corrected chi connectivity index (χ2v) is 6.39. The van der Waals surface area contributed by atoms with Gasteiger partial charge in [-0.2, -0.15) is 0 Å². The number of thiophene rings is 1. The quantitative estimate of drug-likeness (QED) is 0.519. The van der Waals surface area contributed by atoms with E-state index < -0.39 is 5.97 Å². The largest absolute Gasteiger partial charge is 0.457 e. The second kappa shape index (κ2) is 6.98. The van der Waals surface area contributed by atoms with Gasteiger partial charge in [0.1, 0.15) is 22.1 Å². The minimum absolute atomic E-state index is 0.0694. The lowest BCUT2D eigenvalue weighted by Gasteiger charge is -2.06. The first-order chi connectivity index (χ1) is 12.0. The van der Waals surface area contributed by atoms with Gasteiger partial charge in [0, 0.05) is 5.56 Å². The predicted octanol–water partition coefficient (Wildman–Crippen LogP) is 3.30. The summed E-state index contributed by atoms with van der Waals surface area (Å²) < 4.78 is 20.2. The Morgan fingerprint density at radius 1 is 1.44 bits per heavy atom. The summed E-state index contributed by atoms with van der Waals surface area (Å²) in [6.07, 6.45) is 2.84. The van der Waals surface area contributed by atoms with Gasteiger partial charge in [-0.1, -0.05) is 30.9 Å². The molecule has 25 heavy (non-hydrogen) atoms. The number of aryl methyl sites for hydroxylation is 1. The molecule has 0 unspecified atom stereocenters. The van der Waals surface area contributed by atoms with Crippen molar-refractivity contribution in [2.45, 2.75) is 13.5 Å². The number of hydrogen-bond acceptors (Lipinski definition) is 5. The van der Waals surface area contributed by atoms with Crippen LogP contribution in [-0.2, 0) is 11.3 Å². The second-order valence-electron chi connectivity index (χ2n) is 5.39. The van der Waals surface area contributed by atoms with Crippen LogP contribution in [0.1, 0.15) is 20.8 Å². The van der Waals surface area contributed by atoms with E-state index in [1.165, 1.54) is 23.0 Å². The minimum atomic E-state index is -0.513. The number of carbonyl (C=O) groups excluding carboxylic acids is 1. The Balaban J connectivity index is 2.04. The number of rotatable bonds is 5. The Kier molecular flexibility index (Phi) is 4.76. The van der Waals surface area contributed by atoms with Gasteiger partial charge in [0.2, 0.25) is 0 Å².